The van der Waals surface area contributed by atoms with Crippen molar-refractivity contribution in [2.45, 2.75) is 18.0 Å². The summed E-state index contributed by atoms with van der Waals surface area (Å²) in [6, 6.07) is 9.78. The molecule has 164 valence electrons. The van der Waals surface area contributed by atoms with Crippen molar-refractivity contribution in [3.05, 3.63) is 59.8 Å². The highest BCUT2D eigenvalue weighted by atomic mass is 32.2. The highest BCUT2D eigenvalue weighted by Crippen LogP contribution is 2.37. The van der Waals surface area contributed by atoms with Gasteiger partial charge in [-0.2, -0.15) is 18.3 Å². The molecule has 0 aliphatic carbocycles. The van der Waals surface area contributed by atoms with Crippen LogP contribution in [0.3, 0.4) is 0 Å². The lowest BCUT2D eigenvalue weighted by atomic mass is 10.0. The molecule has 31 heavy (non-hydrogen) atoms. The van der Waals surface area contributed by atoms with Gasteiger partial charge < -0.3 is 5.73 Å². The summed E-state index contributed by atoms with van der Waals surface area (Å²) in [5.74, 6) is 0. The number of amides is 2. The minimum atomic E-state index is -4.74. The monoisotopic (exact) mass is 453 g/mol. The van der Waals surface area contributed by atoms with E-state index in [4.69, 9.17) is 10.9 Å². The number of urea groups is 1. The topological polar surface area (TPSA) is 124 Å². The maximum atomic E-state index is 13.4. The molecule has 0 radical (unpaired) electrons. The van der Waals surface area contributed by atoms with Crippen LogP contribution in [0.15, 0.2) is 53.4 Å². The third-order valence-corrected chi connectivity index (χ3v) is 5.46. The molecule has 0 spiro atoms. The van der Waals surface area contributed by atoms with E-state index in [1.54, 1.807) is 25.1 Å². The largest absolute Gasteiger partial charge is 0.435 e. The van der Waals surface area contributed by atoms with E-state index < -0.39 is 27.9 Å². The van der Waals surface area contributed by atoms with Gasteiger partial charge in [0.05, 0.1) is 22.0 Å². The third-order valence-electron chi connectivity index (χ3n) is 4.53. The number of carbonyl (C=O) groups is 1. The van der Waals surface area contributed by atoms with E-state index in [0.717, 1.165) is 33.3 Å². The van der Waals surface area contributed by atoms with Crippen LogP contribution in [0.4, 0.5) is 23.7 Å². The summed E-state index contributed by atoms with van der Waals surface area (Å²) in [5, 5.41) is 8.75. The van der Waals surface area contributed by atoms with E-state index in [9.17, 15) is 26.4 Å². The van der Waals surface area contributed by atoms with Crippen LogP contribution in [-0.4, -0.2) is 31.3 Å². The number of nitrogens with two attached hydrogens (primary N) is 2. The minimum Gasteiger partial charge on any atom is -0.351 e. The van der Waals surface area contributed by atoms with Crippen LogP contribution in [0.5, 0.6) is 0 Å². The molecule has 1 heterocycles. The molecule has 0 unspecified atom stereocenters. The van der Waals surface area contributed by atoms with Crippen molar-refractivity contribution < 1.29 is 26.4 Å². The number of aryl methyl sites for hydroxylation is 1. The van der Waals surface area contributed by atoms with Crippen molar-refractivity contribution in [3.8, 4) is 16.9 Å². The van der Waals surface area contributed by atoms with Crippen molar-refractivity contribution in [2.24, 2.45) is 10.9 Å². The van der Waals surface area contributed by atoms with Crippen molar-refractivity contribution in [2.75, 3.05) is 11.9 Å². The molecule has 2 aromatic carbocycles. The lowest BCUT2D eigenvalue weighted by Gasteiger charge is -2.20. The van der Waals surface area contributed by atoms with Crippen LogP contribution in [0.2, 0.25) is 0 Å². The number of sulfonamides is 1. The molecule has 3 aromatic rings. The van der Waals surface area contributed by atoms with Crippen molar-refractivity contribution in [3.63, 3.8) is 0 Å². The van der Waals surface area contributed by atoms with Crippen LogP contribution in [0, 0.1) is 6.92 Å². The van der Waals surface area contributed by atoms with Crippen LogP contribution >= 0.6 is 0 Å². The number of nitrogens with zero attached hydrogens (tertiary/aromatic N) is 3. The van der Waals surface area contributed by atoms with Gasteiger partial charge in [0.2, 0.25) is 10.0 Å². The first-order valence-corrected chi connectivity index (χ1v) is 10.3. The second-order valence-electron chi connectivity index (χ2n) is 6.78. The van der Waals surface area contributed by atoms with Crippen molar-refractivity contribution >= 4 is 21.7 Å². The molecule has 2 amide bonds. The highest BCUT2D eigenvalue weighted by Gasteiger charge is 2.36. The number of benzene rings is 2. The predicted molar refractivity (Wildman–Crippen MR) is 108 cm³/mol. The lowest BCUT2D eigenvalue weighted by molar-refractivity contribution is -0.141. The molecule has 3 rings (SSSR count). The quantitative estimate of drug-likeness (QED) is 0.630. The molecule has 0 fully saturated rings. The lowest BCUT2D eigenvalue weighted by Crippen LogP contribution is -2.32. The standard InChI is InChI=1S/C19H18F3N5O3S/c1-11-3-8-15(26(2)18(23)28)14(9-11)16-10-17(19(20,21)22)25-27(16)12-4-6-13(7-5-12)31(24,29)30/h3-10H,1-2H3,(H2,23,28)(H2,24,29,30). The summed E-state index contributed by atoms with van der Waals surface area (Å²) >= 11 is 0. The van der Waals surface area contributed by atoms with Gasteiger partial charge in [-0.05, 0) is 49.4 Å². The first-order chi connectivity index (χ1) is 14.3. The second-order valence-corrected chi connectivity index (χ2v) is 8.34. The number of halogens is 3. The molecule has 0 aliphatic rings. The first kappa shape index (κ1) is 22.3. The number of primary sulfonamides is 1. The minimum absolute atomic E-state index is 0.0301. The van der Waals surface area contributed by atoms with Crippen molar-refractivity contribution in [1.82, 2.24) is 9.78 Å². The zero-order valence-electron chi connectivity index (χ0n) is 16.4. The zero-order chi connectivity index (χ0) is 23.1. The van der Waals surface area contributed by atoms with E-state index in [0.29, 0.717) is 0 Å². The van der Waals surface area contributed by atoms with Gasteiger partial charge in [0.25, 0.3) is 0 Å². The van der Waals surface area contributed by atoms with E-state index in [2.05, 4.69) is 5.10 Å². The molecular weight excluding hydrogens is 435 g/mol. The average Bonchev–Trinajstić information content (AvgIpc) is 3.12. The maximum absolute atomic E-state index is 13.4. The summed E-state index contributed by atoms with van der Waals surface area (Å²) in [4.78, 5) is 12.6. The zero-order valence-corrected chi connectivity index (χ0v) is 17.2. The van der Waals surface area contributed by atoms with E-state index in [1.807, 2.05) is 0 Å². The Labute approximate surface area is 175 Å². The Kier molecular flexibility index (Phi) is 5.54. The third kappa shape index (κ3) is 4.54. The van der Waals surface area contributed by atoms with Gasteiger partial charge in [-0.3, -0.25) is 4.90 Å². The maximum Gasteiger partial charge on any atom is 0.435 e. The van der Waals surface area contributed by atoms with E-state index in [1.165, 1.54) is 19.2 Å². The molecule has 1 aromatic heterocycles. The average molecular weight is 453 g/mol. The molecular formula is C19H18F3N5O3S. The predicted octanol–water partition coefficient (Wildman–Crippen LogP) is 3.03. The highest BCUT2D eigenvalue weighted by molar-refractivity contribution is 7.89. The number of hydrogen-bond acceptors (Lipinski definition) is 4. The summed E-state index contributed by atoms with van der Waals surface area (Å²) in [6.07, 6.45) is -4.74. The van der Waals surface area contributed by atoms with Crippen LogP contribution in [-0.2, 0) is 16.2 Å². The molecule has 0 saturated heterocycles. The fraction of sp³-hybridized carbons (Fsp3) is 0.158. The molecule has 12 heteroatoms. The van der Waals surface area contributed by atoms with Gasteiger partial charge in [-0.1, -0.05) is 11.6 Å². The Morgan fingerprint density at radius 3 is 2.23 bits per heavy atom. The molecule has 0 saturated carbocycles. The summed E-state index contributed by atoms with van der Waals surface area (Å²) in [6.45, 7) is 1.74. The number of primary amides is 1. The SMILES string of the molecule is Cc1ccc(N(C)C(N)=O)c(-c2cc(C(F)(F)F)nn2-c2ccc(S(N)(=O)=O)cc2)c1. The Bertz CT molecular complexity index is 1250. The van der Waals surface area contributed by atoms with Crippen molar-refractivity contribution in [1.29, 1.82) is 0 Å². The van der Waals surface area contributed by atoms with Gasteiger partial charge >= 0.3 is 12.2 Å². The number of aromatic nitrogens is 2. The van der Waals surface area contributed by atoms with Crippen LogP contribution in [0.25, 0.3) is 16.9 Å². The van der Waals surface area contributed by atoms with E-state index in [-0.39, 0.29) is 27.5 Å². The fourth-order valence-electron chi connectivity index (χ4n) is 2.95. The summed E-state index contributed by atoms with van der Waals surface area (Å²) < 4.78 is 64.3. The van der Waals surface area contributed by atoms with Gasteiger partial charge in [0, 0.05) is 12.6 Å². The molecule has 8 nitrogen and oxygen atoms in total. The molecule has 0 aliphatic heterocycles. The van der Waals surface area contributed by atoms with E-state index >= 15 is 0 Å². The van der Waals surface area contributed by atoms with Gasteiger partial charge in [0.1, 0.15) is 0 Å². The number of alkyl halides is 3. The Morgan fingerprint density at radius 1 is 1.10 bits per heavy atom. The molecule has 4 N–H and O–H groups in total. The first-order valence-electron chi connectivity index (χ1n) is 8.73. The number of anilines is 1. The number of hydrogen-bond donors (Lipinski definition) is 2. The Morgan fingerprint density at radius 2 is 1.71 bits per heavy atom. The Hall–Kier alpha value is -3.38. The Balaban J connectivity index is 2.28. The molecule has 0 bridgehead atoms. The number of carbonyl (C=O) groups excluding carboxylic acids is 1. The van der Waals surface area contributed by atoms with Gasteiger partial charge in [0.15, 0.2) is 5.69 Å². The van der Waals surface area contributed by atoms with Crippen LogP contribution in [0.1, 0.15) is 11.3 Å². The molecule has 0 atom stereocenters. The second kappa shape index (κ2) is 7.71. The number of rotatable bonds is 4. The van der Waals surface area contributed by atoms with Gasteiger partial charge in [-0.15, -0.1) is 0 Å². The normalized spacial score (nSPS) is 12.1. The summed E-state index contributed by atoms with van der Waals surface area (Å²) in [5.41, 5.74) is 5.65. The fourth-order valence-corrected chi connectivity index (χ4v) is 3.47. The van der Waals surface area contributed by atoms with Gasteiger partial charge in [-0.25, -0.2) is 23.0 Å². The smallest absolute Gasteiger partial charge is 0.351 e. The van der Waals surface area contributed by atoms with Crippen LogP contribution < -0.4 is 15.8 Å². The summed E-state index contributed by atoms with van der Waals surface area (Å²) in [7, 11) is -2.59.